The fraction of sp³-hybridized carbons (Fsp3) is 0.500. The SMILES string of the molecule is CCCn1nccc1-c1ncnc(NCC)c1CC. The molecule has 2 rings (SSSR count). The average molecular weight is 259 g/mol. The zero-order valence-corrected chi connectivity index (χ0v) is 11.8. The predicted octanol–water partition coefficient (Wildman–Crippen LogP) is 2.74. The fourth-order valence-electron chi connectivity index (χ4n) is 2.21. The van der Waals surface area contributed by atoms with Gasteiger partial charge in [-0.3, -0.25) is 4.68 Å². The quantitative estimate of drug-likeness (QED) is 0.866. The van der Waals surface area contributed by atoms with Crippen molar-refractivity contribution in [2.75, 3.05) is 11.9 Å². The molecule has 0 bridgehead atoms. The van der Waals surface area contributed by atoms with Crippen LogP contribution in [-0.4, -0.2) is 26.3 Å². The third-order valence-corrected chi connectivity index (χ3v) is 3.04. The van der Waals surface area contributed by atoms with E-state index in [4.69, 9.17) is 0 Å². The topological polar surface area (TPSA) is 55.6 Å². The van der Waals surface area contributed by atoms with Gasteiger partial charge in [-0.15, -0.1) is 0 Å². The highest BCUT2D eigenvalue weighted by molar-refractivity contribution is 5.65. The van der Waals surface area contributed by atoms with Crippen LogP contribution in [0.15, 0.2) is 18.6 Å². The lowest BCUT2D eigenvalue weighted by Gasteiger charge is -2.13. The van der Waals surface area contributed by atoms with E-state index >= 15 is 0 Å². The molecule has 2 aromatic rings. The Balaban J connectivity index is 2.48. The Hall–Kier alpha value is -1.91. The molecule has 0 aliphatic carbocycles. The normalized spacial score (nSPS) is 10.7. The maximum absolute atomic E-state index is 4.47. The van der Waals surface area contributed by atoms with E-state index in [-0.39, 0.29) is 0 Å². The lowest BCUT2D eigenvalue weighted by atomic mass is 10.1. The molecule has 0 saturated heterocycles. The van der Waals surface area contributed by atoms with Crippen LogP contribution in [0.1, 0.15) is 32.8 Å². The van der Waals surface area contributed by atoms with Crippen molar-refractivity contribution in [3.05, 3.63) is 24.2 Å². The highest BCUT2D eigenvalue weighted by Gasteiger charge is 2.14. The summed E-state index contributed by atoms with van der Waals surface area (Å²) in [6, 6.07) is 2.02. The smallest absolute Gasteiger partial charge is 0.133 e. The molecule has 0 spiro atoms. The van der Waals surface area contributed by atoms with E-state index in [2.05, 4.69) is 41.2 Å². The van der Waals surface area contributed by atoms with E-state index in [0.717, 1.165) is 48.7 Å². The molecule has 0 radical (unpaired) electrons. The van der Waals surface area contributed by atoms with Gasteiger partial charge in [0.05, 0.1) is 11.4 Å². The molecule has 19 heavy (non-hydrogen) atoms. The van der Waals surface area contributed by atoms with Gasteiger partial charge in [-0.05, 0) is 25.8 Å². The van der Waals surface area contributed by atoms with E-state index in [9.17, 15) is 0 Å². The van der Waals surface area contributed by atoms with Crippen LogP contribution in [0.5, 0.6) is 0 Å². The van der Waals surface area contributed by atoms with Crippen LogP contribution in [0.2, 0.25) is 0 Å². The summed E-state index contributed by atoms with van der Waals surface area (Å²) in [6.07, 6.45) is 5.41. The van der Waals surface area contributed by atoms with Crippen molar-refractivity contribution < 1.29 is 0 Å². The average Bonchev–Trinajstić information content (AvgIpc) is 2.87. The van der Waals surface area contributed by atoms with Gasteiger partial charge in [0.15, 0.2) is 0 Å². The van der Waals surface area contributed by atoms with Gasteiger partial charge < -0.3 is 5.32 Å². The van der Waals surface area contributed by atoms with Gasteiger partial charge >= 0.3 is 0 Å². The molecule has 2 aromatic heterocycles. The third kappa shape index (κ3) is 2.75. The number of aryl methyl sites for hydroxylation is 1. The van der Waals surface area contributed by atoms with Crippen molar-refractivity contribution in [2.24, 2.45) is 0 Å². The van der Waals surface area contributed by atoms with Crippen LogP contribution in [-0.2, 0) is 13.0 Å². The Morgan fingerprint density at radius 1 is 1.21 bits per heavy atom. The number of hydrogen-bond donors (Lipinski definition) is 1. The Bertz CT molecular complexity index is 532. The fourth-order valence-corrected chi connectivity index (χ4v) is 2.21. The highest BCUT2D eigenvalue weighted by atomic mass is 15.3. The second-order valence-corrected chi connectivity index (χ2v) is 4.37. The Labute approximate surface area is 114 Å². The van der Waals surface area contributed by atoms with Crippen molar-refractivity contribution in [2.45, 2.75) is 40.2 Å². The maximum atomic E-state index is 4.47. The zero-order chi connectivity index (χ0) is 13.7. The summed E-state index contributed by atoms with van der Waals surface area (Å²) in [4.78, 5) is 8.80. The van der Waals surface area contributed by atoms with Crippen LogP contribution in [0.25, 0.3) is 11.4 Å². The van der Waals surface area contributed by atoms with E-state index in [0.29, 0.717) is 0 Å². The number of rotatable bonds is 6. The summed E-state index contributed by atoms with van der Waals surface area (Å²) in [7, 11) is 0. The first kappa shape index (κ1) is 13.5. The summed E-state index contributed by atoms with van der Waals surface area (Å²) in [6.45, 7) is 8.12. The molecular formula is C14H21N5. The van der Waals surface area contributed by atoms with Crippen LogP contribution in [0.4, 0.5) is 5.82 Å². The van der Waals surface area contributed by atoms with Crippen molar-refractivity contribution >= 4 is 5.82 Å². The summed E-state index contributed by atoms with van der Waals surface area (Å²) in [5.74, 6) is 0.930. The van der Waals surface area contributed by atoms with Gasteiger partial charge in [-0.25, -0.2) is 9.97 Å². The maximum Gasteiger partial charge on any atom is 0.133 e. The molecule has 0 unspecified atom stereocenters. The minimum atomic E-state index is 0.859. The van der Waals surface area contributed by atoms with Crippen molar-refractivity contribution in [1.82, 2.24) is 19.7 Å². The van der Waals surface area contributed by atoms with Crippen LogP contribution in [0, 0.1) is 0 Å². The van der Waals surface area contributed by atoms with Gasteiger partial charge in [0.2, 0.25) is 0 Å². The Morgan fingerprint density at radius 3 is 2.74 bits per heavy atom. The summed E-state index contributed by atoms with van der Waals surface area (Å²) in [5.41, 5.74) is 3.21. The molecule has 0 aliphatic rings. The van der Waals surface area contributed by atoms with E-state index < -0.39 is 0 Å². The Morgan fingerprint density at radius 2 is 2.05 bits per heavy atom. The van der Waals surface area contributed by atoms with Crippen molar-refractivity contribution in [3.63, 3.8) is 0 Å². The molecule has 0 atom stereocenters. The second-order valence-electron chi connectivity index (χ2n) is 4.37. The van der Waals surface area contributed by atoms with Gasteiger partial charge in [0.25, 0.3) is 0 Å². The van der Waals surface area contributed by atoms with Crippen LogP contribution >= 0.6 is 0 Å². The molecule has 0 saturated carbocycles. The molecular weight excluding hydrogens is 238 g/mol. The van der Waals surface area contributed by atoms with Gasteiger partial charge in [-0.1, -0.05) is 13.8 Å². The van der Waals surface area contributed by atoms with Crippen molar-refractivity contribution in [1.29, 1.82) is 0 Å². The molecule has 2 heterocycles. The monoisotopic (exact) mass is 259 g/mol. The van der Waals surface area contributed by atoms with Gasteiger partial charge in [0.1, 0.15) is 12.1 Å². The van der Waals surface area contributed by atoms with Crippen molar-refractivity contribution in [3.8, 4) is 11.4 Å². The van der Waals surface area contributed by atoms with Gasteiger partial charge in [0, 0.05) is 24.8 Å². The molecule has 0 aliphatic heterocycles. The number of hydrogen-bond acceptors (Lipinski definition) is 4. The largest absolute Gasteiger partial charge is 0.370 e. The molecule has 0 fully saturated rings. The van der Waals surface area contributed by atoms with E-state index in [1.165, 1.54) is 0 Å². The van der Waals surface area contributed by atoms with E-state index in [1.807, 2.05) is 16.9 Å². The van der Waals surface area contributed by atoms with Crippen LogP contribution in [0.3, 0.4) is 0 Å². The highest BCUT2D eigenvalue weighted by Crippen LogP contribution is 2.26. The molecule has 5 nitrogen and oxygen atoms in total. The van der Waals surface area contributed by atoms with Gasteiger partial charge in [-0.2, -0.15) is 5.10 Å². The first-order valence-electron chi connectivity index (χ1n) is 6.91. The summed E-state index contributed by atoms with van der Waals surface area (Å²) >= 11 is 0. The minimum absolute atomic E-state index is 0.859. The lowest BCUT2D eigenvalue weighted by Crippen LogP contribution is -2.08. The number of aromatic nitrogens is 4. The minimum Gasteiger partial charge on any atom is -0.370 e. The molecule has 0 amide bonds. The predicted molar refractivity (Wildman–Crippen MR) is 77.1 cm³/mol. The van der Waals surface area contributed by atoms with Crippen LogP contribution < -0.4 is 5.32 Å². The number of anilines is 1. The number of nitrogens with one attached hydrogen (secondary N) is 1. The standard InChI is InChI=1S/C14H21N5/c1-4-9-19-12(7-8-18-19)13-11(5-2)14(15-6-3)17-10-16-13/h7-8,10H,4-6,9H2,1-3H3,(H,15,16,17). The molecule has 5 heteroatoms. The molecule has 102 valence electrons. The second kappa shape index (κ2) is 6.31. The third-order valence-electron chi connectivity index (χ3n) is 3.04. The summed E-state index contributed by atoms with van der Waals surface area (Å²) < 4.78 is 2.01. The lowest BCUT2D eigenvalue weighted by molar-refractivity contribution is 0.607. The zero-order valence-electron chi connectivity index (χ0n) is 11.8. The first-order valence-corrected chi connectivity index (χ1v) is 6.91. The van der Waals surface area contributed by atoms with E-state index in [1.54, 1.807) is 6.33 Å². The first-order chi connectivity index (χ1) is 9.31. The molecule has 1 N–H and O–H groups in total. The summed E-state index contributed by atoms with van der Waals surface area (Å²) in [5, 5.41) is 7.67. The number of nitrogens with zero attached hydrogens (tertiary/aromatic N) is 4. The molecule has 0 aromatic carbocycles. The Kier molecular flexibility index (Phi) is 4.49.